The van der Waals surface area contributed by atoms with Crippen molar-refractivity contribution in [2.45, 2.75) is 27.2 Å². The molecule has 0 aliphatic carbocycles. The van der Waals surface area contributed by atoms with Gasteiger partial charge in [-0.1, -0.05) is 12.1 Å². The van der Waals surface area contributed by atoms with Crippen LogP contribution >= 0.6 is 0 Å². The van der Waals surface area contributed by atoms with E-state index in [1.165, 1.54) is 35.0 Å². The molecule has 0 unspecified atom stereocenters. The van der Waals surface area contributed by atoms with E-state index < -0.39 is 11.9 Å². The minimum absolute atomic E-state index is 0.0405. The minimum Gasteiger partial charge on any atom is -0.493 e. The maximum absolute atomic E-state index is 11.8. The first-order valence-corrected chi connectivity index (χ1v) is 10.4. The van der Waals surface area contributed by atoms with Gasteiger partial charge in [-0.3, -0.25) is 14.4 Å². The number of esters is 2. The van der Waals surface area contributed by atoms with Crippen molar-refractivity contribution >= 4 is 39.4 Å². The van der Waals surface area contributed by atoms with Gasteiger partial charge in [-0.15, -0.1) is 0 Å². The summed E-state index contributed by atoms with van der Waals surface area (Å²) < 4.78 is 21.9. The molecule has 3 aromatic carbocycles. The topological polar surface area (TPSA) is 91.4 Å². The van der Waals surface area contributed by atoms with Crippen molar-refractivity contribution in [2.75, 3.05) is 27.8 Å². The Kier molecular flexibility index (Phi) is 7.06. The summed E-state index contributed by atoms with van der Waals surface area (Å²) in [5.74, 6) is 0.388. The highest BCUT2D eigenvalue weighted by molar-refractivity contribution is 6.13. The molecule has 3 aromatic rings. The zero-order chi connectivity index (χ0) is 24.3. The van der Waals surface area contributed by atoms with Crippen molar-refractivity contribution in [3.05, 3.63) is 35.9 Å². The van der Waals surface area contributed by atoms with Crippen molar-refractivity contribution in [1.82, 2.24) is 4.90 Å². The molecule has 8 heteroatoms. The highest BCUT2D eigenvalue weighted by atomic mass is 16.6. The predicted molar refractivity (Wildman–Crippen MR) is 124 cm³/mol. The minimum atomic E-state index is -0.477. The first-order chi connectivity index (χ1) is 15.7. The number of hydrogen-bond acceptors (Lipinski definition) is 7. The molecule has 174 valence electrons. The summed E-state index contributed by atoms with van der Waals surface area (Å²) in [6.45, 7) is 4.65. The third kappa shape index (κ3) is 5.00. The lowest BCUT2D eigenvalue weighted by atomic mass is 9.95. The number of amides is 1. The molecule has 0 atom stereocenters. The molecular weight excluding hydrogens is 426 g/mol. The second kappa shape index (κ2) is 9.77. The van der Waals surface area contributed by atoms with Crippen molar-refractivity contribution in [3.8, 4) is 23.0 Å². The van der Waals surface area contributed by atoms with Crippen molar-refractivity contribution in [1.29, 1.82) is 0 Å². The molecule has 8 nitrogen and oxygen atoms in total. The van der Waals surface area contributed by atoms with E-state index >= 15 is 0 Å². The average Bonchev–Trinajstić information content (AvgIpc) is 2.75. The van der Waals surface area contributed by atoms with Crippen LogP contribution in [0.3, 0.4) is 0 Å². The van der Waals surface area contributed by atoms with Gasteiger partial charge in [0.15, 0.2) is 23.0 Å². The van der Waals surface area contributed by atoms with Crippen LogP contribution in [0.2, 0.25) is 0 Å². The number of methoxy groups -OCH3 is 2. The Labute approximate surface area is 192 Å². The number of hydrogen-bond donors (Lipinski definition) is 0. The van der Waals surface area contributed by atoms with E-state index in [0.717, 1.165) is 27.1 Å². The molecule has 0 bridgehead atoms. The monoisotopic (exact) mass is 453 g/mol. The molecule has 0 saturated carbocycles. The van der Waals surface area contributed by atoms with Gasteiger partial charge in [-0.2, -0.15) is 0 Å². The highest BCUT2D eigenvalue weighted by Gasteiger charge is 2.20. The number of carbonyl (C=O) groups is 3. The van der Waals surface area contributed by atoms with Crippen LogP contribution < -0.4 is 18.9 Å². The van der Waals surface area contributed by atoms with Crippen LogP contribution in [0.5, 0.6) is 23.0 Å². The lowest BCUT2D eigenvalue weighted by Crippen LogP contribution is -2.26. The standard InChI is InChI=1S/C25H27NO7/c1-14(27)26(4)10-9-18-12-23(33-16(3)29)25(31-6)24-19(18)8-7-17-11-22(32-15(2)28)21(30-5)13-20(17)24/h7-8,11-13H,9-10H2,1-6H3. The first-order valence-electron chi connectivity index (χ1n) is 10.4. The van der Waals surface area contributed by atoms with Gasteiger partial charge in [0.2, 0.25) is 5.91 Å². The van der Waals surface area contributed by atoms with Crippen molar-refractivity contribution in [2.24, 2.45) is 0 Å². The first kappa shape index (κ1) is 23.8. The molecule has 0 N–H and O–H groups in total. The molecule has 0 heterocycles. The number of ether oxygens (including phenoxy) is 4. The summed E-state index contributed by atoms with van der Waals surface area (Å²) in [7, 11) is 4.73. The summed E-state index contributed by atoms with van der Waals surface area (Å²) in [6, 6.07) is 9.10. The summed E-state index contributed by atoms with van der Waals surface area (Å²) in [6.07, 6.45) is 0.541. The van der Waals surface area contributed by atoms with Crippen molar-refractivity contribution < 1.29 is 33.3 Å². The second-order valence-electron chi connectivity index (χ2n) is 7.66. The molecule has 0 spiro atoms. The normalized spacial score (nSPS) is 10.7. The third-order valence-corrected chi connectivity index (χ3v) is 5.37. The Morgan fingerprint density at radius 1 is 0.818 bits per heavy atom. The van der Waals surface area contributed by atoms with Gasteiger partial charge < -0.3 is 23.8 Å². The van der Waals surface area contributed by atoms with E-state index in [9.17, 15) is 14.4 Å². The van der Waals surface area contributed by atoms with Gasteiger partial charge >= 0.3 is 11.9 Å². The molecular formula is C25H27NO7. The van der Waals surface area contributed by atoms with E-state index in [1.807, 2.05) is 12.1 Å². The number of carbonyl (C=O) groups excluding carboxylic acids is 3. The van der Waals surface area contributed by atoms with Gasteiger partial charge in [-0.25, -0.2) is 0 Å². The maximum Gasteiger partial charge on any atom is 0.308 e. The van der Waals surface area contributed by atoms with E-state index in [0.29, 0.717) is 30.2 Å². The molecule has 0 saturated heterocycles. The number of nitrogens with zero attached hydrogens (tertiary/aromatic N) is 1. The van der Waals surface area contributed by atoms with Gasteiger partial charge in [0.25, 0.3) is 0 Å². The number of rotatable bonds is 7. The zero-order valence-electron chi connectivity index (χ0n) is 19.6. The number of benzene rings is 3. The fourth-order valence-electron chi connectivity index (χ4n) is 3.75. The third-order valence-electron chi connectivity index (χ3n) is 5.37. The van der Waals surface area contributed by atoms with Gasteiger partial charge in [0.05, 0.1) is 14.2 Å². The summed E-state index contributed by atoms with van der Waals surface area (Å²) in [5, 5.41) is 3.16. The molecule has 3 rings (SSSR count). The number of fused-ring (bicyclic) bond motifs is 3. The second-order valence-corrected chi connectivity index (χ2v) is 7.66. The average molecular weight is 453 g/mol. The Hall–Kier alpha value is -3.81. The van der Waals surface area contributed by atoms with Crippen LogP contribution in [-0.2, 0) is 20.8 Å². The molecule has 0 aliphatic heterocycles. The largest absolute Gasteiger partial charge is 0.493 e. The van der Waals surface area contributed by atoms with Crippen LogP contribution in [0.15, 0.2) is 30.3 Å². The Morgan fingerprint density at radius 2 is 1.48 bits per heavy atom. The summed E-state index contributed by atoms with van der Waals surface area (Å²) in [4.78, 5) is 36.6. The molecule has 33 heavy (non-hydrogen) atoms. The van der Waals surface area contributed by atoms with Crippen LogP contribution in [0, 0.1) is 0 Å². The van der Waals surface area contributed by atoms with Crippen LogP contribution in [-0.4, -0.2) is 50.6 Å². The molecule has 1 amide bonds. The van der Waals surface area contributed by atoms with Gasteiger partial charge in [0.1, 0.15) is 0 Å². The Morgan fingerprint density at radius 3 is 2.06 bits per heavy atom. The zero-order valence-corrected chi connectivity index (χ0v) is 19.6. The van der Waals surface area contributed by atoms with E-state index in [1.54, 1.807) is 30.1 Å². The van der Waals surface area contributed by atoms with Gasteiger partial charge in [0, 0.05) is 39.7 Å². The maximum atomic E-state index is 11.8. The molecule has 0 fully saturated rings. The fourth-order valence-corrected chi connectivity index (χ4v) is 3.75. The quantitative estimate of drug-likeness (QED) is 0.305. The summed E-state index contributed by atoms with van der Waals surface area (Å²) in [5.41, 5.74) is 0.889. The van der Waals surface area contributed by atoms with Gasteiger partial charge in [-0.05, 0) is 46.3 Å². The van der Waals surface area contributed by atoms with Crippen LogP contribution in [0.1, 0.15) is 26.3 Å². The highest BCUT2D eigenvalue weighted by Crippen LogP contribution is 2.44. The molecule has 0 aliphatic rings. The van der Waals surface area contributed by atoms with Crippen LogP contribution in [0.4, 0.5) is 0 Å². The smallest absolute Gasteiger partial charge is 0.308 e. The predicted octanol–water partition coefficient (Wildman–Crippen LogP) is 3.88. The summed E-state index contributed by atoms with van der Waals surface area (Å²) >= 11 is 0. The Balaban J connectivity index is 2.33. The van der Waals surface area contributed by atoms with Crippen molar-refractivity contribution in [3.63, 3.8) is 0 Å². The fraction of sp³-hybridized carbons (Fsp3) is 0.320. The molecule has 0 aromatic heterocycles. The van der Waals surface area contributed by atoms with Crippen LogP contribution in [0.25, 0.3) is 21.5 Å². The SMILES string of the molecule is COc1cc2c(ccc3c(CCN(C)C(C)=O)cc(OC(C)=O)c(OC)c32)cc1OC(C)=O. The Bertz CT molecular complexity index is 1250. The van der Waals surface area contributed by atoms with E-state index in [4.69, 9.17) is 18.9 Å². The lowest BCUT2D eigenvalue weighted by Gasteiger charge is -2.19. The lowest BCUT2D eigenvalue weighted by molar-refractivity contribution is -0.132. The van der Waals surface area contributed by atoms with E-state index in [2.05, 4.69) is 0 Å². The molecule has 0 radical (unpaired) electrons. The van der Waals surface area contributed by atoms with E-state index in [-0.39, 0.29) is 11.7 Å². The number of likely N-dealkylation sites (N-methyl/N-ethyl adjacent to an activating group) is 1.